The van der Waals surface area contributed by atoms with E-state index in [2.05, 4.69) is 20.3 Å². The van der Waals surface area contributed by atoms with Gasteiger partial charge in [0, 0.05) is 12.0 Å². The number of aromatic nitrogens is 2. The molecule has 9 nitrogen and oxygen atoms in total. The van der Waals surface area contributed by atoms with Crippen molar-refractivity contribution in [3.63, 3.8) is 0 Å². The van der Waals surface area contributed by atoms with E-state index in [1.807, 2.05) is 50.2 Å². The Morgan fingerprint density at radius 3 is 2.60 bits per heavy atom. The fourth-order valence-corrected chi connectivity index (χ4v) is 3.62. The fourth-order valence-electron chi connectivity index (χ4n) is 3.46. The predicted molar refractivity (Wildman–Crippen MR) is 138 cm³/mol. The highest BCUT2D eigenvalue weighted by molar-refractivity contribution is 6.33. The zero-order chi connectivity index (χ0) is 25.2. The van der Waals surface area contributed by atoms with Crippen LogP contribution in [-0.4, -0.2) is 34.1 Å². The second-order valence-corrected chi connectivity index (χ2v) is 8.25. The van der Waals surface area contributed by atoms with E-state index < -0.39 is 0 Å². The molecule has 184 valence electrons. The van der Waals surface area contributed by atoms with Crippen molar-refractivity contribution < 1.29 is 9.53 Å². The second-order valence-electron chi connectivity index (χ2n) is 7.84. The van der Waals surface area contributed by atoms with Gasteiger partial charge in [-0.3, -0.25) is 9.80 Å². The molecular formula is C25H30ClN7O2. The summed E-state index contributed by atoms with van der Waals surface area (Å²) >= 11 is 6.42. The van der Waals surface area contributed by atoms with Gasteiger partial charge in [-0.1, -0.05) is 67.1 Å². The van der Waals surface area contributed by atoms with E-state index in [1.54, 1.807) is 17.1 Å². The van der Waals surface area contributed by atoms with Crippen LogP contribution in [0.2, 0.25) is 5.02 Å². The molecule has 0 spiro atoms. The molecular weight excluding hydrogens is 466 g/mol. The maximum Gasteiger partial charge on any atom is 0.305 e. The third kappa shape index (κ3) is 7.38. The molecule has 3 aromatic rings. The monoisotopic (exact) mass is 495 g/mol. The Balaban J connectivity index is 1.85. The number of anilines is 2. The van der Waals surface area contributed by atoms with Gasteiger partial charge in [0.2, 0.25) is 5.95 Å². The van der Waals surface area contributed by atoms with Gasteiger partial charge in [0.15, 0.2) is 0 Å². The Morgan fingerprint density at radius 1 is 1.11 bits per heavy atom. The number of hydrogen-bond acceptors (Lipinski definition) is 8. The lowest BCUT2D eigenvalue weighted by Crippen LogP contribution is -2.23. The van der Waals surface area contributed by atoms with Crippen molar-refractivity contribution in [2.24, 2.45) is 10.3 Å². The molecule has 4 N–H and O–H groups in total. The van der Waals surface area contributed by atoms with Gasteiger partial charge < -0.3 is 16.2 Å². The summed E-state index contributed by atoms with van der Waals surface area (Å²) in [5, 5.41) is 11.0. The van der Waals surface area contributed by atoms with Gasteiger partial charge in [0.25, 0.3) is 0 Å². The maximum atomic E-state index is 11.7. The summed E-state index contributed by atoms with van der Waals surface area (Å²) < 4.78 is 5.31. The first-order chi connectivity index (χ1) is 16.9. The van der Waals surface area contributed by atoms with Crippen molar-refractivity contribution in [3.8, 4) is 11.1 Å². The first-order valence-corrected chi connectivity index (χ1v) is 11.9. The van der Waals surface area contributed by atoms with E-state index in [1.165, 1.54) is 0 Å². The lowest BCUT2D eigenvalue weighted by Gasteiger charge is -2.18. The van der Waals surface area contributed by atoms with Crippen molar-refractivity contribution in [3.05, 3.63) is 64.8 Å². The van der Waals surface area contributed by atoms with Crippen molar-refractivity contribution >= 4 is 35.0 Å². The quantitative estimate of drug-likeness (QED) is 0.207. The minimum Gasteiger partial charge on any atom is -0.464 e. The van der Waals surface area contributed by atoms with Crippen molar-refractivity contribution in [1.82, 2.24) is 15.0 Å². The number of halogens is 1. The summed E-state index contributed by atoms with van der Waals surface area (Å²) in [5.41, 5.74) is 15.6. The fraction of sp³-hybridized carbons (Fsp3) is 0.320. The third-order valence-corrected chi connectivity index (χ3v) is 5.47. The lowest BCUT2D eigenvalue weighted by atomic mass is 10.0. The third-order valence-electron chi connectivity index (χ3n) is 5.15. The Labute approximate surface area is 210 Å². The average molecular weight is 496 g/mol. The van der Waals surface area contributed by atoms with Crippen LogP contribution < -0.4 is 11.5 Å². The molecule has 2 aromatic carbocycles. The molecule has 0 fully saturated rings. The number of aryl methyl sites for hydroxylation is 1. The van der Waals surface area contributed by atoms with Gasteiger partial charge in [0.05, 0.1) is 23.8 Å². The number of carbonyl (C=O) groups is 1. The van der Waals surface area contributed by atoms with E-state index in [-0.39, 0.29) is 18.5 Å². The summed E-state index contributed by atoms with van der Waals surface area (Å²) in [4.78, 5) is 20.2. The number of ether oxygens (including phenoxy) is 1. The maximum absolute atomic E-state index is 11.7. The molecule has 0 aliphatic rings. The number of benzene rings is 2. The van der Waals surface area contributed by atoms with Gasteiger partial charge >= 0.3 is 5.97 Å². The summed E-state index contributed by atoms with van der Waals surface area (Å²) in [7, 11) is 0. The molecule has 0 saturated carbocycles. The smallest absolute Gasteiger partial charge is 0.305 e. The minimum absolute atomic E-state index is 0.133. The molecule has 10 heteroatoms. The van der Waals surface area contributed by atoms with E-state index in [0.717, 1.165) is 23.2 Å². The zero-order valence-corrected chi connectivity index (χ0v) is 20.7. The molecule has 1 aromatic heterocycles. The van der Waals surface area contributed by atoms with Crippen molar-refractivity contribution in [2.75, 3.05) is 24.6 Å². The van der Waals surface area contributed by atoms with Crippen LogP contribution in [0.15, 0.2) is 58.9 Å². The standard InChI is InChI=1S/C25H30ClN7O2/c1-3-8-22(34)35-14-13-33(16-17-9-6-5-7-10-17)32-31-21-15-18(11-12-19(21)26)23-20(4-2)29-25(28)30-24(23)27/h5-7,9-12,15H,3-4,8,13-14,16H2,1-2H3,(H4,27,28,29,30). The van der Waals surface area contributed by atoms with Gasteiger partial charge in [-0.2, -0.15) is 4.98 Å². The van der Waals surface area contributed by atoms with E-state index in [4.69, 9.17) is 27.8 Å². The van der Waals surface area contributed by atoms with Crippen LogP contribution >= 0.6 is 11.6 Å². The van der Waals surface area contributed by atoms with Crippen LogP contribution in [0.1, 0.15) is 37.9 Å². The van der Waals surface area contributed by atoms with Crippen LogP contribution in [0.4, 0.5) is 17.5 Å². The van der Waals surface area contributed by atoms with Gasteiger partial charge in [-0.05, 0) is 36.1 Å². The molecule has 0 radical (unpaired) electrons. The molecule has 0 amide bonds. The number of carbonyl (C=O) groups excluding carboxylic acids is 1. The zero-order valence-electron chi connectivity index (χ0n) is 19.9. The molecule has 0 bridgehead atoms. The Kier molecular flexibility index (Phi) is 9.37. The highest BCUT2D eigenvalue weighted by Gasteiger charge is 2.14. The Hall–Kier alpha value is -3.72. The number of nitrogens with zero attached hydrogens (tertiary/aromatic N) is 5. The molecule has 0 saturated heterocycles. The summed E-state index contributed by atoms with van der Waals surface area (Å²) in [5.74, 6) is 0.196. The molecule has 0 unspecified atom stereocenters. The van der Waals surface area contributed by atoms with E-state index in [9.17, 15) is 4.79 Å². The molecule has 0 aliphatic carbocycles. The number of nitrogens with two attached hydrogens (primary N) is 2. The Bertz CT molecular complexity index is 1170. The normalized spacial score (nSPS) is 11.1. The summed E-state index contributed by atoms with van der Waals surface area (Å²) in [6, 6.07) is 15.2. The van der Waals surface area contributed by atoms with Crippen molar-refractivity contribution in [1.29, 1.82) is 0 Å². The topological polar surface area (TPSA) is 132 Å². The van der Waals surface area contributed by atoms with Crippen LogP contribution in [0, 0.1) is 0 Å². The first-order valence-electron chi connectivity index (χ1n) is 11.5. The number of nitrogen functional groups attached to an aromatic ring is 2. The minimum atomic E-state index is -0.227. The SMILES string of the molecule is CCCC(=O)OCCN(Cc1ccccc1)N=Nc1cc(-c2c(N)nc(N)nc2CC)ccc1Cl. The average Bonchev–Trinajstić information content (AvgIpc) is 2.84. The number of esters is 1. The van der Waals surface area contributed by atoms with Gasteiger partial charge in [-0.15, -0.1) is 5.11 Å². The number of rotatable bonds is 11. The highest BCUT2D eigenvalue weighted by atomic mass is 35.5. The van der Waals surface area contributed by atoms with E-state index >= 15 is 0 Å². The lowest BCUT2D eigenvalue weighted by molar-refractivity contribution is -0.144. The van der Waals surface area contributed by atoms with Crippen LogP contribution in [-0.2, 0) is 22.5 Å². The Morgan fingerprint density at radius 2 is 1.89 bits per heavy atom. The molecule has 0 atom stereocenters. The van der Waals surface area contributed by atoms with Crippen LogP contribution in [0.25, 0.3) is 11.1 Å². The summed E-state index contributed by atoms with van der Waals surface area (Å²) in [6.07, 6.45) is 1.76. The molecule has 0 aliphatic heterocycles. The molecule has 3 rings (SSSR count). The van der Waals surface area contributed by atoms with Gasteiger partial charge in [-0.25, -0.2) is 4.98 Å². The van der Waals surface area contributed by atoms with Crippen molar-refractivity contribution in [2.45, 2.75) is 39.7 Å². The largest absolute Gasteiger partial charge is 0.464 e. The van der Waals surface area contributed by atoms with E-state index in [0.29, 0.717) is 48.0 Å². The highest BCUT2D eigenvalue weighted by Crippen LogP contribution is 2.35. The predicted octanol–water partition coefficient (Wildman–Crippen LogP) is 5.37. The summed E-state index contributed by atoms with van der Waals surface area (Å²) in [6.45, 7) is 4.98. The molecule has 1 heterocycles. The number of hydrogen-bond donors (Lipinski definition) is 2. The molecule has 35 heavy (non-hydrogen) atoms. The van der Waals surface area contributed by atoms with Crippen LogP contribution in [0.5, 0.6) is 0 Å². The first kappa shape index (κ1) is 25.9. The van der Waals surface area contributed by atoms with Gasteiger partial charge in [0.1, 0.15) is 18.1 Å². The second kappa shape index (κ2) is 12.7. The van der Waals surface area contributed by atoms with Crippen LogP contribution in [0.3, 0.4) is 0 Å².